The Balaban J connectivity index is 1.34. The molecule has 0 radical (unpaired) electrons. The van der Waals surface area contributed by atoms with E-state index in [1.807, 2.05) is 24.4 Å². The number of aromatic nitrogens is 3. The number of nitrogens with one attached hydrogen (secondary N) is 1. The summed E-state index contributed by atoms with van der Waals surface area (Å²) < 4.78 is 23.2. The maximum atomic E-state index is 14.3. The van der Waals surface area contributed by atoms with Crippen molar-refractivity contribution in [3.8, 4) is 5.69 Å². The third-order valence-corrected chi connectivity index (χ3v) is 6.19. The van der Waals surface area contributed by atoms with E-state index < -0.39 is 17.2 Å². The van der Waals surface area contributed by atoms with Crippen LogP contribution in [0, 0.1) is 12.7 Å². The number of amides is 1. The number of anilines is 1. The van der Waals surface area contributed by atoms with Gasteiger partial charge < -0.3 is 14.6 Å². The van der Waals surface area contributed by atoms with Crippen LogP contribution in [-0.2, 0) is 11.3 Å². The van der Waals surface area contributed by atoms with Crippen molar-refractivity contribution in [1.82, 2.24) is 19.2 Å². The van der Waals surface area contributed by atoms with E-state index in [9.17, 15) is 14.0 Å². The Hall–Kier alpha value is -3.82. The standard InChI is InChI=1S/C26H26FN5O3/c1-18-16-24(33)25(29-32(18)23-5-3-2-4-21(23)27)26(34)28-20-6-7-22-19(17-20)8-9-31(22)11-10-30-12-14-35-15-13-30/h2-9,16-17H,10-15H2,1H3,(H,28,34). The number of hydrogen-bond donors (Lipinski definition) is 1. The van der Waals surface area contributed by atoms with Crippen molar-refractivity contribution < 1.29 is 13.9 Å². The predicted molar refractivity (Wildman–Crippen MR) is 132 cm³/mol. The van der Waals surface area contributed by atoms with Gasteiger partial charge in [0.2, 0.25) is 5.43 Å². The molecule has 2 aromatic heterocycles. The highest BCUT2D eigenvalue weighted by Gasteiger charge is 2.17. The van der Waals surface area contributed by atoms with Crippen LogP contribution in [0.15, 0.2) is 65.6 Å². The van der Waals surface area contributed by atoms with Crippen LogP contribution in [-0.4, -0.2) is 58.0 Å². The fourth-order valence-corrected chi connectivity index (χ4v) is 4.31. The van der Waals surface area contributed by atoms with Gasteiger partial charge in [-0.05, 0) is 43.3 Å². The average molecular weight is 476 g/mol. The first-order chi connectivity index (χ1) is 17.0. The molecule has 5 rings (SSSR count). The number of carbonyl (C=O) groups is 1. The van der Waals surface area contributed by atoms with Gasteiger partial charge in [0.05, 0.1) is 13.2 Å². The molecule has 1 aliphatic rings. The van der Waals surface area contributed by atoms with Gasteiger partial charge in [-0.3, -0.25) is 14.5 Å². The zero-order valence-electron chi connectivity index (χ0n) is 19.4. The van der Waals surface area contributed by atoms with Crippen LogP contribution in [0.5, 0.6) is 0 Å². The maximum Gasteiger partial charge on any atom is 0.280 e. The lowest BCUT2D eigenvalue weighted by molar-refractivity contribution is 0.0365. The lowest BCUT2D eigenvalue weighted by Gasteiger charge is -2.26. The van der Waals surface area contributed by atoms with Gasteiger partial charge in [-0.25, -0.2) is 9.07 Å². The third-order valence-electron chi connectivity index (χ3n) is 6.19. The number of carbonyl (C=O) groups excluding carboxylic acids is 1. The fraction of sp³-hybridized carbons (Fsp3) is 0.269. The molecular formula is C26H26FN5O3. The normalized spacial score (nSPS) is 14.3. The van der Waals surface area contributed by atoms with Crippen LogP contribution in [0.4, 0.5) is 10.1 Å². The van der Waals surface area contributed by atoms with Gasteiger partial charge in [0.15, 0.2) is 5.69 Å². The number of aryl methyl sites for hydroxylation is 1. The van der Waals surface area contributed by atoms with Crippen LogP contribution in [0.1, 0.15) is 16.2 Å². The molecule has 180 valence electrons. The van der Waals surface area contributed by atoms with E-state index in [2.05, 4.69) is 19.9 Å². The summed E-state index contributed by atoms with van der Waals surface area (Å²) in [7, 11) is 0. The molecule has 2 aromatic carbocycles. The van der Waals surface area contributed by atoms with Gasteiger partial charge in [0.1, 0.15) is 11.5 Å². The van der Waals surface area contributed by atoms with Crippen molar-refractivity contribution in [3.63, 3.8) is 0 Å². The highest BCUT2D eigenvalue weighted by molar-refractivity contribution is 6.03. The summed E-state index contributed by atoms with van der Waals surface area (Å²) in [6.07, 6.45) is 2.03. The first-order valence-electron chi connectivity index (χ1n) is 11.6. The smallest absolute Gasteiger partial charge is 0.280 e. The molecule has 9 heteroatoms. The largest absolute Gasteiger partial charge is 0.379 e. The molecule has 0 spiro atoms. The topological polar surface area (TPSA) is 81.4 Å². The number of halogens is 1. The summed E-state index contributed by atoms with van der Waals surface area (Å²) in [5.74, 6) is -1.15. The Bertz CT molecular complexity index is 1440. The number of fused-ring (bicyclic) bond motifs is 1. The highest BCUT2D eigenvalue weighted by Crippen LogP contribution is 2.21. The second-order valence-corrected chi connectivity index (χ2v) is 8.55. The Morgan fingerprint density at radius 3 is 2.69 bits per heavy atom. The Labute approximate surface area is 201 Å². The maximum absolute atomic E-state index is 14.3. The minimum Gasteiger partial charge on any atom is -0.379 e. The number of benzene rings is 2. The van der Waals surface area contributed by atoms with Gasteiger partial charge in [-0.1, -0.05) is 12.1 Å². The molecule has 0 unspecified atom stereocenters. The number of hydrogen-bond acceptors (Lipinski definition) is 5. The van der Waals surface area contributed by atoms with Crippen molar-refractivity contribution in [2.75, 3.05) is 38.2 Å². The van der Waals surface area contributed by atoms with E-state index in [4.69, 9.17) is 4.74 Å². The SMILES string of the molecule is Cc1cc(=O)c(C(=O)Nc2ccc3c(ccn3CCN3CCOCC3)c2)nn1-c1ccccc1F. The molecule has 3 heterocycles. The van der Waals surface area contributed by atoms with Crippen molar-refractivity contribution in [2.24, 2.45) is 0 Å². The first kappa shape index (κ1) is 22.9. The zero-order chi connectivity index (χ0) is 24.4. The minimum absolute atomic E-state index is 0.166. The Kier molecular flexibility index (Phi) is 6.43. The van der Waals surface area contributed by atoms with Crippen molar-refractivity contribution in [1.29, 1.82) is 0 Å². The summed E-state index contributed by atoms with van der Waals surface area (Å²) in [5, 5.41) is 7.90. The number of morpholine rings is 1. The van der Waals surface area contributed by atoms with Crippen LogP contribution < -0.4 is 10.7 Å². The molecule has 1 amide bonds. The van der Waals surface area contributed by atoms with E-state index in [1.54, 1.807) is 31.2 Å². The van der Waals surface area contributed by atoms with E-state index in [-0.39, 0.29) is 11.4 Å². The summed E-state index contributed by atoms with van der Waals surface area (Å²) in [6, 6.07) is 15.0. The van der Waals surface area contributed by atoms with Gasteiger partial charge in [0.25, 0.3) is 5.91 Å². The Morgan fingerprint density at radius 1 is 1.09 bits per heavy atom. The number of para-hydroxylation sites is 1. The third kappa shape index (κ3) is 4.87. The van der Waals surface area contributed by atoms with Crippen LogP contribution in [0.2, 0.25) is 0 Å². The average Bonchev–Trinajstić information content (AvgIpc) is 3.26. The molecule has 4 aromatic rings. The van der Waals surface area contributed by atoms with Crippen LogP contribution >= 0.6 is 0 Å². The highest BCUT2D eigenvalue weighted by atomic mass is 19.1. The molecule has 1 aliphatic heterocycles. The molecule has 0 aliphatic carbocycles. The van der Waals surface area contributed by atoms with E-state index >= 15 is 0 Å². The quantitative estimate of drug-likeness (QED) is 0.463. The van der Waals surface area contributed by atoms with Gasteiger partial charge >= 0.3 is 0 Å². The number of rotatable bonds is 6. The second kappa shape index (κ2) is 9.81. The van der Waals surface area contributed by atoms with Crippen LogP contribution in [0.25, 0.3) is 16.6 Å². The fourth-order valence-electron chi connectivity index (χ4n) is 4.31. The molecule has 8 nitrogen and oxygen atoms in total. The molecule has 1 N–H and O–H groups in total. The number of ether oxygens (including phenoxy) is 1. The molecule has 0 atom stereocenters. The van der Waals surface area contributed by atoms with Crippen molar-refractivity contribution in [3.05, 3.63) is 88.2 Å². The Morgan fingerprint density at radius 2 is 1.89 bits per heavy atom. The van der Waals surface area contributed by atoms with Crippen molar-refractivity contribution >= 4 is 22.5 Å². The lowest BCUT2D eigenvalue weighted by atomic mass is 10.2. The summed E-state index contributed by atoms with van der Waals surface area (Å²) in [4.78, 5) is 27.8. The lowest BCUT2D eigenvalue weighted by Crippen LogP contribution is -2.38. The monoisotopic (exact) mass is 475 g/mol. The molecule has 0 saturated carbocycles. The molecule has 1 fully saturated rings. The molecule has 35 heavy (non-hydrogen) atoms. The van der Waals surface area contributed by atoms with E-state index in [0.717, 1.165) is 50.3 Å². The van der Waals surface area contributed by atoms with E-state index in [0.29, 0.717) is 11.4 Å². The molecule has 1 saturated heterocycles. The van der Waals surface area contributed by atoms with Crippen molar-refractivity contribution in [2.45, 2.75) is 13.5 Å². The second-order valence-electron chi connectivity index (χ2n) is 8.55. The number of nitrogens with zero attached hydrogens (tertiary/aromatic N) is 4. The molecular weight excluding hydrogens is 449 g/mol. The predicted octanol–water partition coefficient (Wildman–Crippen LogP) is 3.22. The summed E-state index contributed by atoms with van der Waals surface area (Å²) >= 11 is 0. The summed E-state index contributed by atoms with van der Waals surface area (Å²) in [6.45, 7) is 6.88. The minimum atomic E-state index is -0.647. The van der Waals surface area contributed by atoms with Gasteiger partial charge in [-0.15, -0.1) is 0 Å². The van der Waals surface area contributed by atoms with Gasteiger partial charge in [0, 0.05) is 60.7 Å². The summed E-state index contributed by atoms with van der Waals surface area (Å²) in [5.41, 5.74) is 1.37. The van der Waals surface area contributed by atoms with E-state index in [1.165, 1.54) is 16.8 Å². The van der Waals surface area contributed by atoms with Gasteiger partial charge in [-0.2, -0.15) is 5.10 Å². The zero-order valence-corrected chi connectivity index (χ0v) is 19.4. The molecule has 0 bridgehead atoms. The van der Waals surface area contributed by atoms with Crippen LogP contribution in [0.3, 0.4) is 0 Å². The first-order valence-corrected chi connectivity index (χ1v) is 11.6.